The van der Waals surface area contributed by atoms with Gasteiger partial charge in [0.2, 0.25) is 0 Å². The van der Waals surface area contributed by atoms with E-state index in [0.717, 1.165) is 16.6 Å². The average Bonchev–Trinajstić information content (AvgIpc) is 2.43. The summed E-state index contributed by atoms with van der Waals surface area (Å²) in [5.74, 6) is 0. The maximum atomic E-state index is 9.47. The number of hydrogen-bond acceptors (Lipinski definition) is 2. The van der Waals surface area contributed by atoms with Crippen molar-refractivity contribution in [1.29, 1.82) is 0 Å². The molecule has 2 aromatic rings. The molecule has 0 saturated carbocycles. The third-order valence-corrected chi connectivity index (χ3v) is 4.05. The zero-order chi connectivity index (χ0) is 13.7. The fourth-order valence-corrected chi connectivity index (χ4v) is 2.38. The minimum Gasteiger partial charge on any atom is -0.394 e. The largest absolute Gasteiger partial charge is 0.394 e. The Balaban J connectivity index is 2.04. The van der Waals surface area contributed by atoms with Crippen LogP contribution in [0.2, 0.25) is 5.02 Å². The number of aliphatic hydroxyl groups is 1. The molecule has 0 heterocycles. The van der Waals surface area contributed by atoms with E-state index in [9.17, 15) is 5.11 Å². The molecule has 0 radical (unpaired) electrons. The van der Waals surface area contributed by atoms with Gasteiger partial charge >= 0.3 is 0 Å². The molecule has 0 spiro atoms. The van der Waals surface area contributed by atoms with Crippen LogP contribution in [0.25, 0.3) is 0 Å². The highest BCUT2D eigenvalue weighted by atomic mass is 79.9. The van der Waals surface area contributed by atoms with Crippen molar-refractivity contribution in [3.05, 3.63) is 63.6 Å². The number of rotatable bonds is 5. The zero-order valence-corrected chi connectivity index (χ0v) is 12.7. The highest BCUT2D eigenvalue weighted by Gasteiger charge is 2.09. The van der Waals surface area contributed by atoms with E-state index in [4.69, 9.17) is 11.6 Å². The average molecular weight is 341 g/mol. The SMILES string of the molecule is OCC(Cc1ccccc1)Nc1ccc(Cl)c(Br)c1. The smallest absolute Gasteiger partial charge is 0.0636 e. The summed E-state index contributed by atoms with van der Waals surface area (Å²) < 4.78 is 0.843. The Hall–Kier alpha value is -1.03. The second-order valence-corrected chi connectivity index (χ2v) is 5.60. The van der Waals surface area contributed by atoms with E-state index in [2.05, 4.69) is 33.4 Å². The predicted octanol–water partition coefficient (Wildman–Crippen LogP) is 4.12. The minimum atomic E-state index is -0.0181. The van der Waals surface area contributed by atoms with Crippen molar-refractivity contribution in [1.82, 2.24) is 0 Å². The van der Waals surface area contributed by atoms with Crippen molar-refractivity contribution >= 4 is 33.2 Å². The summed E-state index contributed by atoms with van der Waals surface area (Å²) in [4.78, 5) is 0. The number of nitrogens with one attached hydrogen (secondary N) is 1. The molecule has 2 N–H and O–H groups in total. The van der Waals surface area contributed by atoms with Gasteiger partial charge in [-0.05, 0) is 46.1 Å². The highest BCUT2D eigenvalue weighted by molar-refractivity contribution is 9.10. The summed E-state index contributed by atoms with van der Waals surface area (Å²) in [6.45, 7) is 0.0785. The summed E-state index contributed by atoms with van der Waals surface area (Å²) in [5, 5.41) is 13.5. The van der Waals surface area contributed by atoms with Crippen molar-refractivity contribution < 1.29 is 5.11 Å². The molecule has 2 aromatic carbocycles. The van der Waals surface area contributed by atoms with Crippen LogP contribution in [0.4, 0.5) is 5.69 Å². The highest BCUT2D eigenvalue weighted by Crippen LogP contribution is 2.26. The van der Waals surface area contributed by atoms with Crippen LogP contribution in [-0.2, 0) is 6.42 Å². The standard InChI is InChI=1S/C15H15BrClNO/c16-14-9-12(6-7-15(14)17)18-13(10-19)8-11-4-2-1-3-5-11/h1-7,9,13,18-19H,8,10H2. The van der Waals surface area contributed by atoms with Gasteiger partial charge in [-0.15, -0.1) is 0 Å². The summed E-state index contributed by atoms with van der Waals surface area (Å²) in [6.07, 6.45) is 0.775. The zero-order valence-electron chi connectivity index (χ0n) is 10.3. The fourth-order valence-electron chi connectivity index (χ4n) is 1.88. The Labute approximate surface area is 126 Å². The van der Waals surface area contributed by atoms with Gasteiger partial charge in [0.15, 0.2) is 0 Å². The molecule has 19 heavy (non-hydrogen) atoms. The van der Waals surface area contributed by atoms with Crippen molar-refractivity contribution in [2.24, 2.45) is 0 Å². The molecular formula is C15H15BrClNO. The summed E-state index contributed by atoms with van der Waals surface area (Å²) in [7, 11) is 0. The van der Waals surface area contributed by atoms with E-state index in [1.54, 1.807) is 0 Å². The van der Waals surface area contributed by atoms with E-state index >= 15 is 0 Å². The number of aliphatic hydroxyl groups excluding tert-OH is 1. The van der Waals surface area contributed by atoms with Gasteiger partial charge in [0.05, 0.1) is 17.7 Å². The van der Waals surface area contributed by atoms with Gasteiger partial charge in [-0.3, -0.25) is 0 Å². The maximum Gasteiger partial charge on any atom is 0.0636 e. The summed E-state index contributed by atoms with van der Waals surface area (Å²) >= 11 is 9.35. The molecule has 1 atom stereocenters. The second-order valence-electron chi connectivity index (χ2n) is 4.34. The molecule has 100 valence electrons. The molecule has 2 rings (SSSR count). The van der Waals surface area contributed by atoms with Crippen LogP contribution in [0.15, 0.2) is 53.0 Å². The second kappa shape index (κ2) is 6.94. The van der Waals surface area contributed by atoms with E-state index in [1.165, 1.54) is 5.56 Å². The fraction of sp³-hybridized carbons (Fsp3) is 0.200. The van der Waals surface area contributed by atoms with Crippen LogP contribution in [-0.4, -0.2) is 17.8 Å². The van der Waals surface area contributed by atoms with Gasteiger partial charge in [0.1, 0.15) is 0 Å². The lowest BCUT2D eigenvalue weighted by molar-refractivity contribution is 0.273. The van der Waals surface area contributed by atoms with Crippen LogP contribution in [0, 0.1) is 0 Å². The first-order valence-corrected chi connectivity index (χ1v) is 7.22. The third kappa shape index (κ3) is 4.23. The Morgan fingerprint density at radius 3 is 2.53 bits per heavy atom. The first-order valence-electron chi connectivity index (χ1n) is 6.05. The van der Waals surface area contributed by atoms with Gasteiger partial charge in [-0.25, -0.2) is 0 Å². The van der Waals surface area contributed by atoms with Gasteiger partial charge in [0.25, 0.3) is 0 Å². The first kappa shape index (κ1) is 14.4. The topological polar surface area (TPSA) is 32.3 Å². The van der Waals surface area contributed by atoms with Crippen LogP contribution >= 0.6 is 27.5 Å². The van der Waals surface area contributed by atoms with Crippen molar-refractivity contribution in [3.63, 3.8) is 0 Å². The van der Waals surface area contributed by atoms with E-state index in [0.29, 0.717) is 5.02 Å². The molecule has 0 aliphatic rings. The molecule has 0 aliphatic heterocycles. The van der Waals surface area contributed by atoms with Gasteiger partial charge in [0, 0.05) is 10.2 Å². The molecule has 0 fully saturated rings. The van der Waals surface area contributed by atoms with Gasteiger partial charge in [-0.1, -0.05) is 41.9 Å². The van der Waals surface area contributed by atoms with Crippen molar-refractivity contribution in [2.45, 2.75) is 12.5 Å². The van der Waals surface area contributed by atoms with E-state index in [-0.39, 0.29) is 12.6 Å². The predicted molar refractivity (Wildman–Crippen MR) is 83.8 cm³/mol. The molecule has 0 saturated heterocycles. The molecule has 4 heteroatoms. The van der Waals surface area contributed by atoms with E-state index < -0.39 is 0 Å². The Morgan fingerprint density at radius 1 is 1.16 bits per heavy atom. The van der Waals surface area contributed by atoms with Crippen molar-refractivity contribution in [2.75, 3.05) is 11.9 Å². The van der Waals surface area contributed by atoms with Gasteiger partial charge < -0.3 is 10.4 Å². The Bertz CT molecular complexity index is 533. The lowest BCUT2D eigenvalue weighted by Gasteiger charge is -2.18. The van der Waals surface area contributed by atoms with Crippen LogP contribution in [0.5, 0.6) is 0 Å². The molecule has 0 aliphatic carbocycles. The Kier molecular flexibility index (Phi) is 5.25. The molecule has 2 nitrogen and oxygen atoms in total. The molecular weight excluding hydrogens is 326 g/mol. The number of benzene rings is 2. The number of hydrogen-bond donors (Lipinski definition) is 2. The molecule has 0 bridgehead atoms. The van der Waals surface area contributed by atoms with Crippen LogP contribution in [0.3, 0.4) is 0 Å². The summed E-state index contributed by atoms with van der Waals surface area (Å²) in [5.41, 5.74) is 2.13. The lowest BCUT2D eigenvalue weighted by atomic mass is 10.1. The first-order chi connectivity index (χ1) is 9.19. The number of anilines is 1. The van der Waals surface area contributed by atoms with Gasteiger partial charge in [-0.2, -0.15) is 0 Å². The van der Waals surface area contributed by atoms with Crippen LogP contribution < -0.4 is 5.32 Å². The monoisotopic (exact) mass is 339 g/mol. The summed E-state index contributed by atoms with van der Waals surface area (Å²) in [6, 6.07) is 15.7. The molecule has 0 amide bonds. The third-order valence-electron chi connectivity index (χ3n) is 2.84. The molecule has 1 unspecified atom stereocenters. The molecule has 0 aromatic heterocycles. The number of halogens is 2. The van der Waals surface area contributed by atoms with E-state index in [1.807, 2.05) is 36.4 Å². The van der Waals surface area contributed by atoms with Crippen LogP contribution in [0.1, 0.15) is 5.56 Å². The lowest BCUT2D eigenvalue weighted by Crippen LogP contribution is -2.26. The Morgan fingerprint density at radius 2 is 1.89 bits per heavy atom. The quantitative estimate of drug-likeness (QED) is 0.858. The minimum absolute atomic E-state index is 0.0181. The normalized spacial score (nSPS) is 12.2. The van der Waals surface area contributed by atoms with Crippen molar-refractivity contribution in [3.8, 4) is 0 Å². The maximum absolute atomic E-state index is 9.47.